The van der Waals surface area contributed by atoms with Crippen LogP contribution in [-0.2, 0) is 9.59 Å². The van der Waals surface area contributed by atoms with Crippen LogP contribution in [0, 0.1) is 13.8 Å². The Morgan fingerprint density at radius 1 is 1.07 bits per heavy atom. The molecule has 1 heterocycles. The second-order valence-corrected chi connectivity index (χ2v) is 7.40. The summed E-state index contributed by atoms with van der Waals surface area (Å²) in [6.45, 7) is 3.70. The summed E-state index contributed by atoms with van der Waals surface area (Å²) in [6.07, 6.45) is 1.32. The highest BCUT2D eigenvalue weighted by atomic mass is 79.9. The molecule has 2 aromatic rings. The maximum Gasteiger partial charge on any atom is 0.335 e. The monoisotopic (exact) mass is 448 g/mol. The predicted octanol–water partition coefficient (Wildman–Crippen LogP) is 4.09. The fraction of sp³-hybridized carbons (Fsp3) is 0.105. The van der Waals surface area contributed by atoms with Gasteiger partial charge >= 0.3 is 6.03 Å². The molecule has 0 unspecified atom stereocenters. The second-order valence-electron chi connectivity index (χ2n) is 6.14. The predicted molar refractivity (Wildman–Crippen MR) is 106 cm³/mol. The summed E-state index contributed by atoms with van der Waals surface area (Å²) in [7, 11) is 0. The summed E-state index contributed by atoms with van der Waals surface area (Å²) in [5.74, 6) is -1.69. The molecule has 0 atom stereocenters. The fourth-order valence-corrected chi connectivity index (χ4v) is 3.63. The van der Waals surface area contributed by atoms with Gasteiger partial charge in [0.05, 0.1) is 15.2 Å². The number of hydrogen-bond donors (Lipinski definition) is 2. The summed E-state index contributed by atoms with van der Waals surface area (Å²) >= 11 is 9.09. The van der Waals surface area contributed by atoms with Crippen molar-refractivity contribution in [1.82, 2.24) is 5.32 Å². The number of nitrogens with one attached hydrogen (secondary N) is 1. The quantitative estimate of drug-likeness (QED) is 0.534. The van der Waals surface area contributed by atoms with Crippen molar-refractivity contribution in [2.75, 3.05) is 4.90 Å². The smallest absolute Gasteiger partial charge is 0.335 e. The number of imide groups is 2. The third-order valence-electron chi connectivity index (χ3n) is 3.92. The molecule has 4 amide bonds. The molecular formula is C19H14BrClN2O4. The van der Waals surface area contributed by atoms with Gasteiger partial charge in [-0.25, -0.2) is 9.69 Å². The number of benzene rings is 2. The molecule has 0 aromatic heterocycles. The van der Waals surface area contributed by atoms with Crippen LogP contribution in [0.1, 0.15) is 16.7 Å². The number of phenols is 1. The van der Waals surface area contributed by atoms with E-state index in [1.807, 2.05) is 19.9 Å². The summed E-state index contributed by atoms with van der Waals surface area (Å²) in [6, 6.07) is 7.39. The fourth-order valence-electron chi connectivity index (χ4n) is 2.81. The van der Waals surface area contributed by atoms with Crippen LogP contribution >= 0.6 is 27.5 Å². The van der Waals surface area contributed by atoms with Gasteiger partial charge in [-0.05, 0) is 76.8 Å². The van der Waals surface area contributed by atoms with Crippen molar-refractivity contribution < 1.29 is 19.5 Å². The van der Waals surface area contributed by atoms with E-state index in [4.69, 9.17) is 11.6 Å². The van der Waals surface area contributed by atoms with Crippen molar-refractivity contribution in [1.29, 1.82) is 0 Å². The number of nitrogens with zero attached hydrogens (tertiary/aromatic N) is 1. The molecular weight excluding hydrogens is 436 g/mol. The van der Waals surface area contributed by atoms with Crippen LogP contribution in [0.5, 0.6) is 5.75 Å². The zero-order chi connectivity index (χ0) is 19.9. The third kappa shape index (κ3) is 3.74. The van der Waals surface area contributed by atoms with Gasteiger partial charge in [0.2, 0.25) is 0 Å². The Labute approximate surface area is 168 Å². The summed E-state index contributed by atoms with van der Waals surface area (Å²) in [5.41, 5.74) is 2.32. The van der Waals surface area contributed by atoms with Gasteiger partial charge in [0.1, 0.15) is 11.3 Å². The Balaban J connectivity index is 2.07. The number of phenolic OH excluding ortho intramolecular Hbond substituents is 1. The van der Waals surface area contributed by atoms with Gasteiger partial charge in [-0.2, -0.15) is 0 Å². The topological polar surface area (TPSA) is 86.7 Å². The van der Waals surface area contributed by atoms with Gasteiger partial charge in [0.15, 0.2) is 0 Å². The van der Waals surface area contributed by atoms with E-state index in [0.29, 0.717) is 15.7 Å². The van der Waals surface area contributed by atoms with Gasteiger partial charge in [0.25, 0.3) is 11.8 Å². The van der Waals surface area contributed by atoms with Gasteiger partial charge in [0, 0.05) is 0 Å². The highest BCUT2D eigenvalue weighted by Crippen LogP contribution is 2.34. The number of halogens is 2. The van der Waals surface area contributed by atoms with Crippen molar-refractivity contribution in [3.63, 3.8) is 0 Å². The lowest BCUT2D eigenvalue weighted by Crippen LogP contribution is -2.54. The Morgan fingerprint density at radius 2 is 1.70 bits per heavy atom. The zero-order valence-electron chi connectivity index (χ0n) is 14.3. The van der Waals surface area contributed by atoms with E-state index < -0.39 is 17.8 Å². The van der Waals surface area contributed by atoms with Gasteiger partial charge in [-0.1, -0.05) is 17.7 Å². The van der Waals surface area contributed by atoms with E-state index in [9.17, 15) is 19.5 Å². The van der Waals surface area contributed by atoms with Crippen molar-refractivity contribution in [3.05, 3.63) is 62.1 Å². The molecule has 1 aliphatic heterocycles. The largest absolute Gasteiger partial charge is 0.505 e. The number of aryl methyl sites for hydroxylation is 2. The number of hydrogen-bond acceptors (Lipinski definition) is 4. The number of anilines is 1. The van der Waals surface area contributed by atoms with Crippen molar-refractivity contribution in [2.45, 2.75) is 13.8 Å². The SMILES string of the molecule is Cc1cc(C)cc(N2C(=O)NC(=O)C(=Cc3cc(Cl)c(O)c(Br)c3)C2=O)c1. The molecule has 0 aliphatic carbocycles. The minimum Gasteiger partial charge on any atom is -0.505 e. The molecule has 1 fully saturated rings. The summed E-state index contributed by atoms with van der Waals surface area (Å²) in [4.78, 5) is 38.3. The lowest BCUT2D eigenvalue weighted by Gasteiger charge is -2.27. The summed E-state index contributed by atoms with van der Waals surface area (Å²) in [5, 5.41) is 11.9. The maximum atomic E-state index is 12.9. The lowest BCUT2D eigenvalue weighted by molar-refractivity contribution is -0.122. The first-order valence-corrected chi connectivity index (χ1v) is 9.02. The molecule has 3 rings (SSSR count). The summed E-state index contributed by atoms with van der Waals surface area (Å²) < 4.78 is 0.313. The van der Waals surface area contributed by atoms with Crippen LogP contribution < -0.4 is 10.2 Å². The van der Waals surface area contributed by atoms with Crippen molar-refractivity contribution in [2.24, 2.45) is 0 Å². The standard InChI is InChI=1S/C19H14BrClN2O4/c1-9-3-10(2)5-12(4-9)23-18(26)13(17(25)22-19(23)27)6-11-7-14(20)16(24)15(21)8-11/h3-8,24H,1-2H3,(H,22,25,27). The molecule has 8 heteroatoms. The number of barbiturate groups is 1. The van der Waals surface area contributed by atoms with Crippen LogP contribution in [-0.4, -0.2) is 23.0 Å². The highest BCUT2D eigenvalue weighted by molar-refractivity contribution is 9.10. The molecule has 138 valence electrons. The second kappa shape index (κ2) is 7.17. The van der Waals surface area contributed by atoms with E-state index in [0.717, 1.165) is 16.0 Å². The van der Waals surface area contributed by atoms with Crippen molar-refractivity contribution in [3.8, 4) is 5.75 Å². The third-order valence-corrected chi connectivity index (χ3v) is 4.81. The Kier molecular flexibility index (Phi) is 5.08. The first-order valence-electron chi connectivity index (χ1n) is 7.85. The Bertz CT molecular complexity index is 989. The Morgan fingerprint density at radius 3 is 2.30 bits per heavy atom. The molecule has 2 aromatic carbocycles. The number of carbonyl (C=O) groups is 3. The van der Waals surface area contributed by atoms with E-state index in [2.05, 4.69) is 21.2 Å². The molecule has 0 spiro atoms. The number of rotatable bonds is 2. The van der Waals surface area contributed by atoms with E-state index in [1.54, 1.807) is 12.1 Å². The van der Waals surface area contributed by atoms with E-state index >= 15 is 0 Å². The molecule has 0 saturated carbocycles. The number of urea groups is 1. The van der Waals surface area contributed by atoms with Crippen LogP contribution in [0.25, 0.3) is 6.08 Å². The van der Waals surface area contributed by atoms with Gasteiger partial charge in [-0.3, -0.25) is 14.9 Å². The average molecular weight is 450 g/mol. The molecule has 27 heavy (non-hydrogen) atoms. The molecule has 0 radical (unpaired) electrons. The van der Waals surface area contributed by atoms with Gasteiger partial charge in [-0.15, -0.1) is 0 Å². The maximum absolute atomic E-state index is 12.9. The minimum absolute atomic E-state index is 0.0575. The lowest BCUT2D eigenvalue weighted by atomic mass is 10.1. The molecule has 1 saturated heterocycles. The van der Waals surface area contributed by atoms with Crippen LogP contribution in [0.2, 0.25) is 5.02 Å². The molecule has 1 aliphatic rings. The van der Waals surface area contributed by atoms with Crippen LogP contribution in [0.3, 0.4) is 0 Å². The highest BCUT2D eigenvalue weighted by Gasteiger charge is 2.37. The first kappa shape index (κ1) is 19.1. The average Bonchev–Trinajstić information content (AvgIpc) is 2.55. The van der Waals surface area contributed by atoms with Crippen molar-refractivity contribution >= 4 is 57.1 Å². The minimum atomic E-state index is -0.808. The molecule has 0 bridgehead atoms. The zero-order valence-corrected chi connectivity index (χ0v) is 16.7. The number of carbonyl (C=O) groups excluding carboxylic acids is 3. The van der Waals surface area contributed by atoms with Crippen LogP contribution in [0.15, 0.2) is 40.4 Å². The normalized spacial score (nSPS) is 16.1. The number of aromatic hydroxyl groups is 1. The van der Waals surface area contributed by atoms with E-state index in [-0.39, 0.29) is 16.3 Å². The van der Waals surface area contributed by atoms with Crippen LogP contribution in [0.4, 0.5) is 10.5 Å². The number of amides is 4. The molecule has 2 N–H and O–H groups in total. The van der Waals surface area contributed by atoms with E-state index in [1.165, 1.54) is 18.2 Å². The van der Waals surface area contributed by atoms with Gasteiger partial charge < -0.3 is 5.11 Å². The Hall–Kier alpha value is -2.64. The first-order chi connectivity index (χ1) is 12.7. The molecule has 6 nitrogen and oxygen atoms in total.